The van der Waals surface area contributed by atoms with E-state index >= 15 is 0 Å². The molecule has 436 valence electrons. The normalized spacial score (nSPS) is 21.0. The average Bonchev–Trinajstić information content (AvgIpc) is 3.90. The largest absolute Gasteiger partial charge is 0.381 e. The standard InChI is InChI=1S/C63H87ClN6O10/c1-45-38-58(68-54-20-18-53(64)19-21-54)55-39-51(17-22-59(55)70(45)46(2)71)48-13-15-50(16-14-48)60(72)66-24-28-76-30-32-78-34-36-80-37-35-79-33-31-77-29-25-67-61(73)57-44-69(43-56(57)49-11-6-5-7-12-49)62(74)52(42-65)41-63(3,4)40-47-10-8-9-26-75-27-23-47/h13-22,39,41,45,47,49,56-58,68H,5-12,23-38,40,43-44H2,1-4H3,(H,66,72)(H,67,73)/b52-41+/t45-,47?,56-,57+,58+/m0/s1. The molecule has 4 aliphatic rings. The summed E-state index contributed by atoms with van der Waals surface area (Å²) in [5.74, 6) is 0.129. The number of hydrogen-bond donors (Lipinski definition) is 3. The van der Waals surface area contributed by atoms with Crippen LogP contribution in [0.2, 0.25) is 5.02 Å². The molecule has 3 aromatic carbocycles. The number of nitrogens with zero attached hydrogens (tertiary/aromatic N) is 3. The number of ether oxygens (including phenoxy) is 6. The third-order valence-corrected chi connectivity index (χ3v) is 16.3. The highest BCUT2D eigenvalue weighted by atomic mass is 35.5. The van der Waals surface area contributed by atoms with Crippen molar-refractivity contribution in [1.29, 1.82) is 5.26 Å². The van der Waals surface area contributed by atoms with Gasteiger partial charge in [-0.05, 0) is 121 Å². The summed E-state index contributed by atoms with van der Waals surface area (Å²) in [6.45, 7) is 14.9. The van der Waals surface area contributed by atoms with Gasteiger partial charge in [0.1, 0.15) is 11.6 Å². The zero-order valence-electron chi connectivity index (χ0n) is 47.8. The number of carbonyl (C=O) groups is 4. The molecular weight excluding hydrogens is 1040 g/mol. The molecular formula is C63H87ClN6O10. The zero-order valence-corrected chi connectivity index (χ0v) is 48.5. The van der Waals surface area contributed by atoms with Crippen LogP contribution in [0.3, 0.4) is 0 Å². The Balaban J connectivity index is 0.703. The number of rotatable bonds is 28. The van der Waals surface area contributed by atoms with Crippen LogP contribution in [0.25, 0.3) is 11.1 Å². The lowest BCUT2D eigenvalue weighted by molar-refractivity contribution is -0.127. The van der Waals surface area contributed by atoms with E-state index in [-0.39, 0.29) is 58.5 Å². The van der Waals surface area contributed by atoms with Gasteiger partial charge in [0, 0.05) is 74.3 Å². The molecule has 4 amide bonds. The van der Waals surface area contributed by atoms with E-state index in [0.29, 0.717) is 115 Å². The molecule has 0 aromatic heterocycles. The van der Waals surface area contributed by atoms with Crippen molar-refractivity contribution in [3.8, 4) is 17.2 Å². The van der Waals surface area contributed by atoms with Gasteiger partial charge in [-0.1, -0.05) is 94.7 Å². The molecule has 17 heteroatoms. The lowest BCUT2D eigenvalue weighted by Crippen LogP contribution is -2.43. The molecule has 16 nitrogen and oxygen atoms in total. The number of halogens is 1. The first-order valence-electron chi connectivity index (χ1n) is 29.3. The summed E-state index contributed by atoms with van der Waals surface area (Å²) in [6, 6.07) is 23.5. The molecule has 3 aliphatic heterocycles. The topological polar surface area (TPSA) is 190 Å². The number of benzene rings is 3. The predicted molar refractivity (Wildman–Crippen MR) is 311 cm³/mol. The number of hydrogen-bond acceptors (Lipinski definition) is 12. The fourth-order valence-corrected chi connectivity index (χ4v) is 12.2. The molecule has 3 heterocycles. The second-order valence-electron chi connectivity index (χ2n) is 22.6. The van der Waals surface area contributed by atoms with Crippen LogP contribution in [0, 0.1) is 40.4 Å². The molecule has 1 aliphatic carbocycles. The van der Waals surface area contributed by atoms with Crippen LogP contribution < -0.4 is 20.9 Å². The second kappa shape index (κ2) is 32.3. The number of nitrogens with one attached hydrogen (secondary N) is 3. The van der Waals surface area contributed by atoms with E-state index < -0.39 is 0 Å². The highest BCUT2D eigenvalue weighted by Gasteiger charge is 2.44. The van der Waals surface area contributed by atoms with Gasteiger partial charge in [0.25, 0.3) is 11.8 Å². The molecule has 3 aromatic rings. The minimum Gasteiger partial charge on any atom is -0.381 e. The first-order chi connectivity index (χ1) is 38.8. The minimum absolute atomic E-state index is 0.00473. The maximum atomic E-state index is 13.9. The number of anilines is 2. The van der Waals surface area contributed by atoms with Crippen LogP contribution in [0.4, 0.5) is 11.4 Å². The zero-order chi connectivity index (χ0) is 56.7. The number of allylic oxidation sites excluding steroid dienone is 1. The second-order valence-corrected chi connectivity index (χ2v) is 23.1. The third kappa shape index (κ3) is 19.1. The first kappa shape index (κ1) is 62.2. The number of nitriles is 1. The van der Waals surface area contributed by atoms with Gasteiger partial charge in [-0.3, -0.25) is 19.2 Å². The maximum absolute atomic E-state index is 13.9. The van der Waals surface area contributed by atoms with Gasteiger partial charge in [0.05, 0.1) is 78.0 Å². The third-order valence-electron chi connectivity index (χ3n) is 16.0. The van der Waals surface area contributed by atoms with E-state index in [0.717, 1.165) is 105 Å². The Hall–Kier alpha value is -5.38. The van der Waals surface area contributed by atoms with Crippen LogP contribution in [0.5, 0.6) is 0 Å². The van der Waals surface area contributed by atoms with E-state index in [1.165, 1.54) is 6.42 Å². The molecule has 0 radical (unpaired) electrons. The Morgan fingerprint density at radius 3 is 1.99 bits per heavy atom. The molecule has 3 fully saturated rings. The van der Waals surface area contributed by atoms with Gasteiger partial charge in [0.15, 0.2) is 0 Å². The lowest BCUT2D eigenvalue weighted by Gasteiger charge is -2.39. The summed E-state index contributed by atoms with van der Waals surface area (Å²) in [5, 5.41) is 20.5. The molecule has 3 N–H and O–H groups in total. The quantitative estimate of drug-likeness (QED) is 0.0355. The molecule has 5 atom stereocenters. The smallest absolute Gasteiger partial charge is 0.264 e. The van der Waals surface area contributed by atoms with Gasteiger partial charge >= 0.3 is 0 Å². The van der Waals surface area contributed by atoms with E-state index in [1.54, 1.807) is 11.8 Å². The van der Waals surface area contributed by atoms with Crippen LogP contribution >= 0.6 is 11.6 Å². The molecule has 0 spiro atoms. The molecule has 0 bridgehead atoms. The van der Waals surface area contributed by atoms with Crippen LogP contribution in [-0.2, 0) is 42.8 Å². The lowest BCUT2D eigenvalue weighted by atomic mass is 9.75. The Labute approximate surface area is 479 Å². The van der Waals surface area contributed by atoms with Gasteiger partial charge < -0.3 is 54.2 Å². The van der Waals surface area contributed by atoms with E-state index in [2.05, 4.69) is 48.9 Å². The SMILES string of the molecule is CC(=O)N1c2ccc(-c3ccc(C(=O)NCCOCCOCCOCCOCCOCCNC(=O)[C@@H]4CN(C(=O)/C(C#N)=C/C(C)(C)CC5CCCCOCC5)C[C@H]4C4CCCCC4)cc3)cc2[C@H](Nc2ccc(Cl)cc2)C[C@@H]1C. The number of fused-ring (bicyclic) bond motifs is 1. The van der Waals surface area contributed by atoms with Crippen molar-refractivity contribution in [1.82, 2.24) is 15.5 Å². The maximum Gasteiger partial charge on any atom is 0.264 e. The Kier molecular flexibility index (Phi) is 25.1. The average molecular weight is 1120 g/mol. The van der Waals surface area contributed by atoms with Crippen molar-refractivity contribution in [2.24, 2.45) is 29.1 Å². The predicted octanol–water partition coefficient (Wildman–Crippen LogP) is 9.96. The fraction of sp³-hybridized carbons (Fsp3) is 0.603. The van der Waals surface area contributed by atoms with Crippen LogP contribution in [0.15, 0.2) is 78.4 Å². The highest BCUT2D eigenvalue weighted by molar-refractivity contribution is 6.30. The van der Waals surface area contributed by atoms with Gasteiger partial charge in [-0.25, -0.2) is 0 Å². The van der Waals surface area contributed by atoms with Crippen LogP contribution in [-0.4, -0.2) is 140 Å². The summed E-state index contributed by atoms with van der Waals surface area (Å²) in [6.07, 6.45) is 13.5. The number of carbonyl (C=O) groups excluding carboxylic acids is 4. The summed E-state index contributed by atoms with van der Waals surface area (Å²) >= 11 is 6.14. The molecule has 1 unspecified atom stereocenters. The van der Waals surface area contributed by atoms with E-state index in [9.17, 15) is 24.4 Å². The van der Waals surface area contributed by atoms with Crippen molar-refractivity contribution in [2.45, 2.75) is 110 Å². The number of amides is 4. The first-order valence-corrected chi connectivity index (χ1v) is 29.7. The molecule has 80 heavy (non-hydrogen) atoms. The van der Waals surface area contributed by atoms with Crippen molar-refractivity contribution in [2.75, 3.05) is 116 Å². The van der Waals surface area contributed by atoms with Gasteiger partial charge in [-0.15, -0.1) is 0 Å². The molecule has 7 rings (SSSR count). The molecule has 1 saturated carbocycles. The Bertz CT molecular complexity index is 2510. The summed E-state index contributed by atoms with van der Waals surface area (Å²) in [5.41, 5.74) is 5.23. The Morgan fingerprint density at radius 2 is 1.35 bits per heavy atom. The van der Waals surface area contributed by atoms with Crippen molar-refractivity contribution in [3.05, 3.63) is 94.5 Å². The van der Waals surface area contributed by atoms with Crippen molar-refractivity contribution < 1.29 is 47.6 Å². The van der Waals surface area contributed by atoms with E-state index in [4.69, 9.17) is 40.0 Å². The van der Waals surface area contributed by atoms with Gasteiger partial charge in [0.2, 0.25) is 11.8 Å². The number of likely N-dealkylation sites (tertiary alicyclic amines) is 1. The fourth-order valence-electron chi connectivity index (χ4n) is 12.1. The minimum atomic E-state index is -0.320. The monoisotopic (exact) mass is 1120 g/mol. The Morgan fingerprint density at radius 1 is 0.738 bits per heavy atom. The van der Waals surface area contributed by atoms with Crippen LogP contribution in [0.1, 0.15) is 120 Å². The summed E-state index contributed by atoms with van der Waals surface area (Å²) in [7, 11) is 0. The van der Waals surface area contributed by atoms with Crippen molar-refractivity contribution >= 4 is 46.6 Å². The van der Waals surface area contributed by atoms with Gasteiger partial charge in [-0.2, -0.15) is 5.26 Å². The van der Waals surface area contributed by atoms with Crippen molar-refractivity contribution in [3.63, 3.8) is 0 Å². The van der Waals surface area contributed by atoms with E-state index in [1.807, 2.05) is 71.6 Å². The molecule has 2 saturated heterocycles. The summed E-state index contributed by atoms with van der Waals surface area (Å²) < 4.78 is 34.0. The highest BCUT2D eigenvalue weighted by Crippen LogP contribution is 2.42. The summed E-state index contributed by atoms with van der Waals surface area (Å²) in [4.78, 5) is 56.9.